The molecule has 1 unspecified atom stereocenters. The van der Waals surface area contributed by atoms with Gasteiger partial charge in [-0.1, -0.05) is 18.2 Å². The molecule has 3 rings (SSSR count). The first-order valence-corrected chi connectivity index (χ1v) is 9.73. The quantitative estimate of drug-likeness (QED) is 0.715. The predicted molar refractivity (Wildman–Crippen MR) is 104 cm³/mol. The number of hydrogen-bond acceptors (Lipinski definition) is 5. The zero-order valence-corrected chi connectivity index (χ0v) is 16.6. The number of hydrogen-bond donors (Lipinski definition) is 0. The largest absolute Gasteiger partial charge is 0.481 e. The highest BCUT2D eigenvalue weighted by Gasteiger charge is 2.30. The van der Waals surface area contributed by atoms with Crippen LogP contribution in [0.1, 0.15) is 48.9 Å². The Morgan fingerprint density at radius 1 is 1.21 bits per heavy atom. The van der Waals surface area contributed by atoms with Gasteiger partial charge >= 0.3 is 5.97 Å². The molecular formula is C21H27N3O4. The smallest absolute Gasteiger partial charge is 0.356 e. The number of rotatable bonds is 6. The van der Waals surface area contributed by atoms with E-state index in [1.54, 1.807) is 24.6 Å². The van der Waals surface area contributed by atoms with Crippen LogP contribution in [0.15, 0.2) is 36.4 Å². The summed E-state index contributed by atoms with van der Waals surface area (Å²) in [5.41, 5.74) is 1.26. The Labute approximate surface area is 165 Å². The molecule has 2 aromatic rings. The monoisotopic (exact) mass is 385 g/mol. The van der Waals surface area contributed by atoms with Gasteiger partial charge in [-0.2, -0.15) is 5.10 Å². The highest BCUT2D eigenvalue weighted by atomic mass is 16.5. The van der Waals surface area contributed by atoms with Crippen molar-refractivity contribution in [1.82, 2.24) is 14.7 Å². The second kappa shape index (κ2) is 8.91. The topological polar surface area (TPSA) is 73.7 Å². The minimum Gasteiger partial charge on any atom is -0.481 e. The molecule has 0 N–H and O–H groups in total. The van der Waals surface area contributed by atoms with Crippen LogP contribution in [0.5, 0.6) is 5.75 Å². The lowest BCUT2D eigenvalue weighted by molar-refractivity contribution is -0.139. The Hall–Kier alpha value is -2.83. The number of amides is 1. The van der Waals surface area contributed by atoms with Crippen LogP contribution in [-0.4, -0.2) is 52.4 Å². The fourth-order valence-electron chi connectivity index (χ4n) is 3.49. The molecule has 1 fully saturated rings. The molecule has 1 atom stereocenters. The summed E-state index contributed by atoms with van der Waals surface area (Å²) in [6, 6.07) is 11.2. The van der Waals surface area contributed by atoms with E-state index < -0.39 is 6.10 Å². The van der Waals surface area contributed by atoms with Gasteiger partial charge in [0.1, 0.15) is 11.4 Å². The number of esters is 1. The van der Waals surface area contributed by atoms with Gasteiger partial charge < -0.3 is 14.4 Å². The van der Waals surface area contributed by atoms with Gasteiger partial charge in [0.05, 0.1) is 18.3 Å². The number of carbonyl (C=O) groups excluding carboxylic acids is 2. The van der Waals surface area contributed by atoms with Gasteiger partial charge in [-0.15, -0.1) is 0 Å². The Bertz CT molecular complexity index is 810. The summed E-state index contributed by atoms with van der Waals surface area (Å²) in [5, 5.41) is 4.49. The molecule has 0 aliphatic carbocycles. The summed E-state index contributed by atoms with van der Waals surface area (Å²) in [5.74, 6) is 0.306. The third-order valence-electron chi connectivity index (χ3n) is 4.87. The van der Waals surface area contributed by atoms with Crippen molar-refractivity contribution in [3.63, 3.8) is 0 Å². The number of piperidine rings is 1. The Kier molecular flexibility index (Phi) is 6.34. The second-order valence-corrected chi connectivity index (χ2v) is 6.97. The molecule has 7 nitrogen and oxygen atoms in total. The van der Waals surface area contributed by atoms with Crippen LogP contribution in [0.25, 0.3) is 0 Å². The summed E-state index contributed by atoms with van der Waals surface area (Å²) in [7, 11) is 0. The highest BCUT2D eigenvalue weighted by Crippen LogP contribution is 2.25. The Balaban J connectivity index is 1.60. The fourth-order valence-corrected chi connectivity index (χ4v) is 3.49. The van der Waals surface area contributed by atoms with Crippen molar-refractivity contribution >= 4 is 11.9 Å². The van der Waals surface area contributed by atoms with Crippen LogP contribution in [0.4, 0.5) is 0 Å². The van der Waals surface area contributed by atoms with Gasteiger partial charge in [0.2, 0.25) is 0 Å². The van der Waals surface area contributed by atoms with Crippen molar-refractivity contribution in [3.8, 4) is 5.75 Å². The molecule has 1 saturated heterocycles. The van der Waals surface area contributed by atoms with E-state index in [4.69, 9.17) is 9.47 Å². The molecule has 1 aromatic carbocycles. The molecule has 0 radical (unpaired) electrons. The van der Waals surface area contributed by atoms with Crippen LogP contribution in [0.3, 0.4) is 0 Å². The van der Waals surface area contributed by atoms with Crippen molar-refractivity contribution in [2.75, 3.05) is 19.7 Å². The number of para-hydroxylation sites is 1. The van der Waals surface area contributed by atoms with Gasteiger partial charge in [0.15, 0.2) is 6.10 Å². The molecule has 150 valence electrons. The molecular weight excluding hydrogens is 358 g/mol. The summed E-state index contributed by atoms with van der Waals surface area (Å²) >= 11 is 0. The zero-order chi connectivity index (χ0) is 20.1. The van der Waals surface area contributed by atoms with Crippen molar-refractivity contribution in [3.05, 3.63) is 47.8 Å². The maximum atomic E-state index is 12.7. The molecule has 7 heteroatoms. The van der Waals surface area contributed by atoms with Gasteiger partial charge in [0.25, 0.3) is 5.91 Å². The average molecular weight is 385 g/mol. The number of ether oxygens (including phenoxy) is 2. The number of likely N-dealkylation sites (tertiary alicyclic amines) is 1. The van der Waals surface area contributed by atoms with E-state index in [9.17, 15) is 9.59 Å². The van der Waals surface area contributed by atoms with Crippen LogP contribution < -0.4 is 4.74 Å². The summed E-state index contributed by atoms with van der Waals surface area (Å²) in [6.07, 6.45) is 0.926. The highest BCUT2D eigenvalue weighted by molar-refractivity contribution is 5.87. The fraction of sp³-hybridized carbons (Fsp3) is 0.476. The number of carbonyl (C=O) groups is 2. The van der Waals surface area contributed by atoms with E-state index in [0.29, 0.717) is 31.1 Å². The molecule has 1 amide bonds. The number of aryl methyl sites for hydroxylation is 1. The van der Waals surface area contributed by atoms with Crippen LogP contribution in [0.2, 0.25) is 0 Å². The Morgan fingerprint density at radius 2 is 1.89 bits per heavy atom. The summed E-state index contributed by atoms with van der Waals surface area (Å²) in [4.78, 5) is 26.7. The SMILES string of the molecule is CCOC(=O)c1cc(C)nn1C1CCN(C(=O)C(C)Oc2ccccc2)CC1. The first kappa shape index (κ1) is 19.9. The Morgan fingerprint density at radius 3 is 2.54 bits per heavy atom. The van der Waals surface area contributed by atoms with Gasteiger partial charge in [-0.25, -0.2) is 4.79 Å². The van der Waals surface area contributed by atoms with Crippen molar-refractivity contribution in [2.45, 2.75) is 45.8 Å². The third-order valence-corrected chi connectivity index (χ3v) is 4.87. The summed E-state index contributed by atoms with van der Waals surface area (Å²) in [6.45, 7) is 6.96. The first-order chi connectivity index (χ1) is 13.5. The third kappa shape index (κ3) is 4.52. The van der Waals surface area contributed by atoms with Crippen LogP contribution in [0, 0.1) is 6.92 Å². The zero-order valence-electron chi connectivity index (χ0n) is 16.6. The molecule has 1 aromatic heterocycles. The molecule has 2 heterocycles. The van der Waals surface area contributed by atoms with E-state index in [1.807, 2.05) is 42.2 Å². The molecule has 0 saturated carbocycles. The molecule has 28 heavy (non-hydrogen) atoms. The lowest BCUT2D eigenvalue weighted by Crippen LogP contribution is -2.45. The van der Waals surface area contributed by atoms with E-state index >= 15 is 0 Å². The van der Waals surface area contributed by atoms with Gasteiger partial charge in [-0.05, 0) is 51.8 Å². The van der Waals surface area contributed by atoms with Crippen molar-refractivity contribution in [1.29, 1.82) is 0 Å². The lowest BCUT2D eigenvalue weighted by Gasteiger charge is -2.34. The van der Waals surface area contributed by atoms with E-state index in [-0.39, 0.29) is 17.9 Å². The average Bonchev–Trinajstić information content (AvgIpc) is 3.10. The van der Waals surface area contributed by atoms with E-state index in [1.165, 1.54) is 0 Å². The number of nitrogens with zero attached hydrogens (tertiary/aromatic N) is 3. The molecule has 1 aliphatic rings. The minimum atomic E-state index is -0.541. The molecule has 0 bridgehead atoms. The van der Waals surface area contributed by atoms with Crippen LogP contribution in [-0.2, 0) is 9.53 Å². The van der Waals surface area contributed by atoms with Gasteiger partial charge in [-0.3, -0.25) is 9.48 Å². The summed E-state index contributed by atoms with van der Waals surface area (Å²) < 4.78 is 12.7. The van der Waals surface area contributed by atoms with Crippen LogP contribution >= 0.6 is 0 Å². The maximum Gasteiger partial charge on any atom is 0.356 e. The second-order valence-electron chi connectivity index (χ2n) is 6.97. The van der Waals surface area contributed by atoms with Gasteiger partial charge in [0, 0.05) is 13.1 Å². The maximum absolute atomic E-state index is 12.7. The lowest BCUT2D eigenvalue weighted by atomic mass is 10.0. The number of benzene rings is 1. The minimum absolute atomic E-state index is 0.0236. The van der Waals surface area contributed by atoms with E-state index in [0.717, 1.165) is 18.5 Å². The standard InChI is InChI=1S/C21H27N3O4/c1-4-27-21(26)19-14-15(2)22-24(19)17-10-12-23(13-11-17)20(25)16(3)28-18-8-6-5-7-9-18/h5-9,14,16-17H,4,10-13H2,1-3H3. The number of aromatic nitrogens is 2. The molecule has 0 spiro atoms. The first-order valence-electron chi connectivity index (χ1n) is 9.73. The van der Waals surface area contributed by atoms with Crippen molar-refractivity contribution in [2.24, 2.45) is 0 Å². The molecule has 1 aliphatic heterocycles. The normalized spacial score (nSPS) is 15.9. The van der Waals surface area contributed by atoms with E-state index in [2.05, 4.69) is 5.10 Å². The van der Waals surface area contributed by atoms with Crippen molar-refractivity contribution < 1.29 is 19.1 Å². The predicted octanol–water partition coefficient (Wildman–Crippen LogP) is 3.00.